The first-order chi connectivity index (χ1) is 10.7. The highest BCUT2D eigenvalue weighted by Gasteiger charge is 2.11. The standard InChI is InChI=1S/C14H11ClN6O/c15-12-10(2-1-5-17-12)14(22)18-8-11-19-13(21-20-11)9-3-6-16-7-4-9/h1-7H,8H2,(H,18,22)(H,19,20,21). The van der Waals surface area contributed by atoms with Crippen molar-refractivity contribution in [2.24, 2.45) is 0 Å². The molecule has 0 aliphatic carbocycles. The Morgan fingerprint density at radius 2 is 2.05 bits per heavy atom. The van der Waals surface area contributed by atoms with Crippen LogP contribution in [0.25, 0.3) is 11.4 Å². The van der Waals surface area contributed by atoms with Crippen LogP contribution < -0.4 is 5.32 Å². The van der Waals surface area contributed by atoms with Gasteiger partial charge in [0.2, 0.25) is 0 Å². The summed E-state index contributed by atoms with van der Waals surface area (Å²) in [6, 6.07) is 6.87. The van der Waals surface area contributed by atoms with Gasteiger partial charge in [-0.15, -0.1) is 0 Å². The number of hydrogen-bond donors (Lipinski definition) is 2. The zero-order valence-corrected chi connectivity index (χ0v) is 12.1. The number of pyridine rings is 2. The molecule has 8 heteroatoms. The highest BCUT2D eigenvalue weighted by Crippen LogP contribution is 2.13. The molecule has 0 bridgehead atoms. The zero-order chi connectivity index (χ0) is 15.4. The summed E-state index contributed by atoms with van der Waals surface area (Å²) in [4.78, 5) is 24.1. The van der Waals surface area contributed by atoms with Crippen molar-refractivity contribution in [3.63, 3.8) is 0 Å². The first-order valence-electron chi connectivity index (χ1n) is 6.44. The molecule has 0 unspecified atom stereocenters. The number of aromatic nitrogens is 5. The number of aromatic amines is 1. The number of hydrogen-bond acceptors (Lipinski definition) is 5. The summed E-state index contributed by atoms with van der Waals surface area (Å²) < 4.78 is 0. The first-order valence-corrected chi connectivity index (χ1v) is 6.82. The second-order valence-corrected chi connectivity index (χ2v) is 4.72. The van der Waals surface area contributed by atoms with Crippen molar-refractivity contribution in [3.8, 4) is 11.4 Å². The van der Waals surface area contributed by atoms with E-state index >= 15 is 0 Å². The second kappa shape index (κ2) is 6.31. The summed E-state index contributed by atoms with van der Waals surface area (Å²) in [5.41, 5.74) is 1.16. The summed E-state index contributed by atoms with van der Waals surface area (Å²) in [5.74, 6) is 0.770. The van der Waals surface area contributed by atoms with Crippen molar-refractivity contribution in [2.45, 2.75) is 6.54 Å². The van der Waals surface area contributed by atoms with Gasteiger partial charge in [-0.1, -0.05) is 11.6 Å². The molecule has 1 amide bonds. The van der Waals surface area contributed by atoms with Crippen LogP contribution in [-0.4, -0.2) is 31.1 Å². The van der Waals surface area contributed by atoms with Gasteiger partial charge in [0, 0.05) is 24.2 Å². The van der Waals surface area contributed by atoms with E-state index in [4.69, 9.17) is 11.6 Å². The van der Waals surface area contributed by atoms with Crippen molar-refractivity contribution in [2.75, 3.05) is 0 Å². The van der Waals surface area contributed by atoms with Gasteiger partial charge in [0.05, 0.1) is 12.1 Å². The monoisotopic (exact) mass is 314 g/mol. The largest absolute Gasteiger partial charge is 0.345 e. The normalized spacial score (nSPS) is 10.4. The molecular formula is C14H11ClN6O. The maximum Gasteiger partial charge on any atom is 0.254 e. The Morgan fingerprint density at radius 3 is 2.82 bits per heavy atom. The van der Waals surface area contributed by atoms with Crippen molar-refractivity contribution in [1.29, 1.82) is 0 Å². The number of halogens is 1. The fourth-order valence-corrected chi connectivity index (χ4v) is 2.02. The Balaban J connectivity index is 1.67. The maximum atomic E-state index is 12.0. The van der Waals surface area contributed by atoms with Crippen molar-refractivity contribution in [3.05, 3.63) is 59.4 Å². The fourth-order valence-electron chi connectivity index (χ4n) is 1.82. The summed E-state index contributed by atoms with van der Waals surface area (Å²) >= 11 is 5.87. The molecule has 0 saturated carbocycles. The van der Waals surface area contributed by atoms with Gasteiger partial charge in [-0.05, 0) is 24.3 Å². The highest BCUT2D eigenvalue weighted by molar-refractivity contribution is 6.32. The molecule has 7 nitrogen and oxygen atoms in total. The predicted molar refractivity (Wildman–Crippen MR) is 80.0 cm³/mol. The lowest BCUT2D eigenvalue weighted by atomic mass is 10.2. The van der Waals surface area contributed by atoms with E-state index in [2.05, 4.69) is 30.5 Å². The Kier molecular flexibility index (Phi) is 4.06. The molecule has 3 aromatic heterocycles. The van der Waals surface area contributed by atoms with Gasteiger partial charge in [0.15, 0.2) is 5.82 Å². The van der Waals surface area contributed by atoms with E-state index in [0.29, 0.717) is 17.2 Å². The lowest BCUT2D eigenvalue weighted by Crippen LogP contribution is -2.23. The van der Waals surface area contributed by atoms with Crippen molar-refractivity contribution >= 4 is 17.5 Å². The summed E-state index contributed by atoms with van der Waals surface area (Å²) in [6.07, 6.45) is 4.85. The topological polar surface area (TPSA) is 96.5 Å². The maximum absolute atomic E-state index is 12.0. The zero-order valence-electron chi connectivity index (χ0n) is 11.3. The average Bonchev–Trinajstić information content (AvgIpc) is 3.03. The Bertz CT molecular complexity index is 789. The van der Waals surface area contributed by atoms with Crippen molar-refractivity contribution < 1.29 is 4.79 Å². The molecule has 3 rings (SSSR count). The van der Waals surface area contributed by atoms with Gasteiger partial charge < -0.3 is 5.32 Å². The SMILES string of the molecule is O=C(NCc1nc(-c2ccncc2)n[nH]1)c1cccnc1Cl. The molecule has 3 heterocycles. The van der Waals surface area contributed by atoms with Gasteiger partial charge in [0.1, 0.15) is 11.0 Å². The van der Waals surface area contributed by atoms with Crippen LogP contribution in [0.15, 0.2) is 42.9 Å². The Morgan fingerprint density at radius 1 is 1.23 bits per heavy atom. The van der Waals surface area contributed by atoms with Crippen LogP contribution in [-0.2, 0) is 6.54 Å². The fraction of sp³-hybridized carbons (Fsp3) is 0.0714. The molecule has 22 heavy (non-hydrogen) atoms. The number of carbonyl (C=O) groups excluding carboxylic acids is 1. The lowest BCUT2D eigenvalue weighted by molar-refractivity contribution is 0.0949. The highest BCUT2D eigenvalue weighted by atomic mass is 35.5. The smallest absolute Gasteiger partial charge is 0.254 e. The number of amides is 1. The molecule has 0 spiro atoms. The lowest BCUT2D eigenvalue weighted by Gasteiger charge is -2.03. The average molecular weight is 315 g/mol. The number of nitrogens with zero attached hydrogens (tertiary/aromatic N) is 4. The Labute approximate surface area is 130 Å². The predicted octanol–water partition coefficient (Wildman–Crippen LogP) is 1.85. The molecule has 2 N–H and O–H groups in total. The molecule has 0 atom stereocenters. The van der Waals surface area contributed by atoms with Crippen LogP contribution >= 0.6 is 11.6 Å². The van der Waals surface area contributed by atoms with E-state index in [1.54, 1.807) is 36.7 Å². The van der Waals surface area contributed by atoms with Crippen LogP contribution in [0.1, 0.15) is 16.2 Å². The third-order valence-electron chi connectivity index (χ3n) is 2.89. The Hall–Kier alpha value is -2.80. The minimum absolute atomic E-state index is 0.162. The number of carbonyl (C=O) groups is 1. The summed E-state index contributed by atoms with van der Waals surface area (Å²) in [7, 11) is 0. The van der Waals surface area contributed by atoms with Gasteiger partial charge in [-0.25, -0.2) is 9.97 Å². The molecule has 0 aliphatic rings. The minimum atomic E-state index is -0.319. The third-order valence-corrected chi connectivity index (χ3v) is 3.19. The molecule has 0 radical (unpaired) electrons. The van der Waals surface area contributed by atoms with Crippen LogP contribution in [0.4, 0.5) is 0 Å². The van der Waals surface area contributed by atoms with Crippen LogP contribution in [0, 0.1) is 0 Å². The third kappa shape index (κ3) is 3.09. The van der Waals surface area contributed by atoms with Gasteiger partial charge >= 0.3 is 0 Å². The van der Waals surface area contributed by atoms with Gasteiger partial charge in [-0.3, -0.25) is 14.9 Å². The van der Waals surface area contributed by atoms with Crippen molar-refractivity contribution in [1.82, 2.24) is 30.5 Å². The number of H-pyrrole nitrogens is 1. The molecule has 0 saturated heterocycles. The molecular weight excluding hydrogens is 304 g/mol. The molecule has 0 aromatic carbocycles. The van der Waals surface area contributed by atoms with E-state index < -0.39 is 0 Å². The van der Waals surface area contributed by atoms with E-state index in [-0.39, 0.29) is 17.6 Å². The van der Waals surface area contributed by atoms with Crippen LogP contribution in [0.5, 0.6) is 0 Å². The summed E-state index contributed by atoms with van der Waals surface area (Å²) in [5, 5.41) is 9.76. The first kappa shape index (κ1) is 14.2. The van der Waals surface area contributed by atoms with E-state index in [1.165, 1.54) is 6.20 Å². The quantitative estimate of drug-likeness (QED) is 0.716. The molecule has 0 aliphatic heterocycles. The number of rotatable bonds is 4. The van der Waals surface area contributed by atoms with Crippen LogP contribution in [0.3, 0.4) is 0 Å². The number of nitrogens with one attached hydrogen (secondary N) is 2. The summed E-state index contributed by atoms with van der Waals surface area (Å²) in [6.45, 7) is 0.210. The van der Waals surface area contributed by atoms with Gasteiger partial charge in [-0.2, -0.15) is 5.10 Å². The molecule has 3 aromatic rings. The molecule has 0 fully saturated rings. The van der Waals surface area contributed by atoms with Gasteiger partial charge in [0.25, 0.3) is 5.91 Å². The van der Waals surface area contributed by atoms with E-state index in [0.717, 1.165) is 5.56 Å². The minimum Gasteiger partial charge on any atom is -0.345 e. The van der Waals surface area contributed by atoms with E-state index in [9.17, 15) is 4.79 Å². The second-order valence-electron chi connectivity index (χ2n) is 4.37. The van der Waals surface area contributed by atoms with E-state index in [1.807, 2.05) is 0 Å². The molecule has 110 valence electrons. The van der Waals surface area contributed by atoms with Crippen LogP contribution in [0.2, 0.25) is 5.15 Å².